The summed E-state index contributed by atoms with van der Waals surface area (Å²) in [4.78, 5) is 5.20. The van der Waals surface area contributed by atoms with Gasteiger partial charge in [-0.25, -0.2) is 4.68 Å². The molecule has 2 heterocycles. The molecular weight excluding hydrogens is 392 g/mol. The minimum absolute atomic E-state index is 0.0419. The van der Waals surface area contributed by atoms with Gasteiger partial charge in [0, 0.05) is 32.2 Å². The number of tetrazole rings is 1. The molecule has 1 aliphatic carbocycles. The molecule has 1 unspecified atom stereocenters. The van der Waals surface area contributed by atoms with Gasteiger partial charge in [-0.05, 0) is 61.7 Å². The van der Waals surface area contributed by atoms with Gasteiger partial charge in [0.25, 0.3) is 0 Å². The van der Waals surface area contributed by atoms with Gasteiger partial charge >= 0.3 is 0 Å². The van der Waals surface area contributed by atoms with E-state index in [1.54, 1.807) is 14.2 Å². The molecule has 2 aromatic rings. The average molecular weight is 429 g/mol. The monoisotopic (exact) mass is 428 g/mol. The Morgan fingerprint density at radius 1 is 0.968 bits per heavy atom. The van der Waals surface area contributed by atoms with Crippen LogP contribution in [0.15, 0.2) is 18.2 Å². The van der Waals surface area contributed by atoms with Gasteiger partial charge in [-0.3, -0.25) is 9.80 Å². The van der Waals surface area contributed by atoms with Gasteiger partial charge in [0.05, 0.1) is 25.8 Å². The second-order valence-corrected chi connectivity index (χ2v) is 9.65. The Morgan fingerprint density at radius 2 is 1.65 bits per heavy atom. The molecule has 1 saturated heterocycles. The molecule has 8 heteroatoms. The zero-order valence-electron chi connectivity index (χ0n) is 19.5. The summed E-state index contributed by atoms with van der Waals surface area (Å²) in [6.45, 7) is 10.6. The van der Waals surface area contributed by atoms with Crippen molar-refractivity contribution in [3.8, 4) is 11.5 Å². The third kappa shape index (κ3) is 4.55. The van der Waals surface area contributed by atoms with Crippen molar-refractivity contribution < 1.29 is 9.47 Å². The second-order valence-electron chi connectivity index (χ2n) is 9.65. The highest BCUT2D eigenvalue weighted by Crippen LogP contribution is 2.36. The summed E-state index contributed by atoms with van der Waals surface area (Å²) in [6, 6.07) is 6.87. The first-order valence-corrected chi connectivity index (χ1v) is 11.4. The third-order valence-electron chi connectivity index (χ3n) is 6.65. The maximum Gasteiger partial charge on any atom is 0.173 e. The molecule has 1 atom stereocenters. The molecule has 2 fully saturated rings. The van der Waals surface area contributed by atoms with E-state index in [0.29, 0.717) is 0 Å². The van der Waals surface area contributed by atoms with Crippen LogP contribution in [0.3, 0.4) is 0 Å². The quantitative estimate of drug-likeness (QED) is 0.700. The number of aromatic nitrogens is 4. The number of ether oxygens (including phenoxy) is 2. The lowest BCUT2D eigenvalue weighted by atomic mass is 10.0. The summed E-state index contributed by atoms with van der Waals surface area (Å²) >= 11 is 0. The maximum absolute atomic E-state index is 5.60. The standard InChI is InChI=1S/C23H36N6O2/c1-23(2,3)29-22(24-25-26-29)21(17-10-11-19(30-4)20(16-17)31-5)28-14-12-27(13-15-28)18-8-6-7-9-18/h10-11,16,18,21H,6-9,12-15H2,1-5H3. The van der Waals surface area contributed by atoms with Gasteiger partial charge in [-0.2, -0.15) is 0 Å². The largest absolute Gasteiger partial charge is 0.493 e. The van der Waals surface area contributed by atoms with E-state index in [-0.39, 0.29) is 11.6 Å². The number of hydrogen-bond acceptors (Lipinski definition) is 7. The fourth-order valence-electron chi connectivity index (χ4n) is 5.02. The molecule has 1 aromatic heterocycles. The lowest BCUT2D eigenvalue weighted by molar-refractivity contribution is 0.0755. The van der Waals surface area contributed by atoms with Crippen LogP contribution in [0, 0.1) is 0 Å². The van der Waals surface area contributed by atoms with Crippen molar-refractivity contribution in [3.63, 3.8) is 0 Å². The predicted molar refractivity (Wildman–Crippen MR) is 120 cm³/mol. The van der Waals surface area contributed by atoms with E-state index in [1.807, 2.05) is 10.7 Å². The van der Waals surface area contributed by atoms with Crippen molar-refractivity contribution in [1.29, 1.82) is 0 Å². The average Bonchev–Trinajstić information content (AvgIpc) is 3.46. The molecule has 170 valence electrons. The second kappa shape index (κ2) is 9.12. The van der Waals surface area contributed by atoms with E-state index in [0.717, 1.165) is 55.1 Å². The van der Waals surface area contributed by atoms with Gasteiger partial charge in [-0.1, -0.05) is 18.9 Å². The molecule has 1 aliphatic heterocycles. The molecule has 0 bridgehead atoms. The van der Waals surface area contributed by atoms with Crippen LogP contribution in [0.5, 0.6) is 11.5 Å². The Hall–Kier alpha value is -2.19. The Kier molecular flexibility index (Phi) is 6.48. The summed E-state index contributed by atoms with van der Waals surface area (Å²) in [6.07, 6.45) is 5.45. The summed E-state index contributed by atoms with van der Waals surface area (Å²) in [5.74, 6) is 2.32. The van der Waals surface area contributed by atoms with Crippen LogP contribution in [0.1, 0.15) is 63.9 Å². The third-order valence-corrected chi connectivity index (χ3v) is 6.65. The first-order chi connectivity index (χ1) is 14.9. The number of benzene rings is 1. The Labute approximate surface area is 185 Å². The van der Waals surface area contributed by atoms with E-state index in [1.165, 1.54) is 25.7 Å². The van der Waals surface area contributed by atoms with Crippen molar-refractivity contribution in [2.45, 2.75) is 64.1 Å². The minimum Gasteiger partial charge on any atom is -0.493 e. The number of hydrogen-bond donors (Lipinski definition) is 0. The lowest BCUT2D eigenvalue weighted by Gasteiger charge is -2.41. The van der Waals surface area contributed by atoms with E-state index in [4.69, 9.17) is 9.47 Å². The Bertz CT molecular complexity index is 863. The maximum atomic E-state index is 5.60. The van der Waals surface area contributed by atoms with E-state index >= 15 is 0 Å². The Morgan fingerprint density at radius 3 is 2.26 bits per heavy atom. The molecule has 4 rings (SSSR count). The highest BCUT2D eigenvalue weighted by molar-refractivity contribution is 5.45. The minimum atomic E-state index is -0.209. The molecule has 0 spiro atoms. The van der Waals surface area contributed by atoms with Crippen LogP contribution in [-0.2, 0) is 5.54 Å². The van der Waals surface area contributed by atoms with Crippen molar-refractivity contribution in [3.05, 3.63) is 29.6 Å². The summed E-state index contributed by atoms with van der Waals surface area (Å²) in [5.41, 5.74) is 0.909. The molecule has 1 saturated carbocycles. The lowest BCUT2D eigenvalue weighted by Crippen LogP contribution is -2.51. The SMILES string of the molecule is COc1ccc(C(c2nnnn2C(C)(C)C)N2CCN(C3CCCC3)CC2)cc1OC. The highest BCUT2D eigenvalue weighted by Gasteiger charge is 2.35. The predicted octanol–water partition coefficient (Wildman–Crippen LogP) is 3.09. The van der Waals surface area contributed by atoms with Crippen LogP contribution in [0.4, 0.5) is 0 Å². The topological polar surface area (TPSA) is 68.5 Å². The first kappa shape index (κ1) is 22.0. The van der Waals surface area contributed by atoms with Gasteiger partial charge in [0.2, 0.25) is 0 Å². The number of rotatable bonds is 6. The van der Waals surface area contributed by atoms with E-state index in [2.05, 4.69) is 58.2 Å². The smallest absolute Gasteiger partial charge is 0.173 e. The number of piperazine rings is 1. The zero-order chi connectivity index (χ0) is 22.0. The molecule has 2 aliphatic rings. The van der Waals surface area contributed by atoms with Crippen molar-refractivity contribution in [2.24, 2.45) is 0 Å². The number of nitrogens with zero attached hydrogens (tertiary/aromatic N) is 6. The van der Waals surface area contributed by atoms with Crippen molar-refractivity contribution in [2.75, 3.05) is 40.4 Å². The highest BCUT2D eigenvalue weighted by atomic mass is 16.5. The molecule has 0 N–H and O–H groups in total. The van der Waals surface area contributed by atoms with Gasteiger partial charge < -0.3 is 9.47 Å². The van der Waals surface area contributed by atoms with Crippen LogP contribution >= 0.6 is 0 Å². The summed E-state index contributed by atoms with van der Waals surface area (Å²) in [5, 5.41) is 12.9. The van der Waals surface area contributed by atoms with E-state index in [9.17, 15) is 0 Å². The molecule has 0 radical (unpaired) electrons. The fraction of sp³-hybridized carbons (Fsp3) is 0.696. The number of methoxy groups -OCH3 is 2. The molecule has 8 nitrogen and oxygen atoms in total. The van der Waals surface area contributed by atoms with Gasteiger partial charge in [0.15, 0.2) is 17.3 Å². The van der Waals surface area contributed by atoms with Crippen LogP contribution in [0.25, 0.3) is 0 Å². The summed E-state index contributed by atoms with van der Waals surface area (Å²) < 4.78 is 13.0. The molecule has 1 aromatic carbocycles. The van der Waals surface area contributed by atoms with Crippen LogP contribution in [0.2, 0.25) is 0 Å². The van der Waals surface area contributed by atoms with Crippen LogP contribution in [-0.4, -0.2) is 76.4 Å². The fourth-order valence-corrected chi connectivity index (χ4v) is 5.02. The van der Waals surface area contributed by atoms with Crippen molar-refractivity contribution in [1.82, 2.24) is 30.0 Å². The molecule has 0 amide bonds. The Balaban J connectivity index is 1.67. The molecule has 31 heavy (non-hydrogen) atoms. The van der Waals surface area contributed by atoms with Crippen molar-refractivity contribution >= 4 is 0 Å². The summed E-state index contributed by atoms with van der Waals surface area (Å²) in [7, 11) is 3.34. The van der Waals surface area contributed by atoms with E-state index < -0.39 is 0 Å². The van der Waals surface area contributed by atoms with Crippen LogP contribution < -0.4 is 9.47 Å². The zero-order valence-corrected chi connectivity index (χ0v) is 19.5. The normalized spacial score (nSPS) is 20.2. The van der Waals surface area contributed by atoms with Gasteiger partial charge in [-0.15, -0.1) is 5.10 Å². The molecular formula is C23H36N6O2. The van der Waals surface area contributed by atoms with Gasteiger partial charge in [0.1, 0.15) is 0 Å². The first-order valence-electron chi connectivity index (χ1n) is 11.4.